The monoisotopic (exact) mass is 494 g/mol. The van der Waals surface area contributed by atoms with Crippen molar-refractivity contribution in [1.82, 2.24) is 10.3 Å². The van der Waals surface area contributed by atoms with Gasteiger partial charge in [-0.2, -0.15) is 0 Å². The second kappa shape index (κ2) is 9.53. The number of halogens is 2. The number of para-hydroxylation sites is 1. The quantitative estimate of drug-likeness (QED) is 0.294. The molecule has 3 aromatic carbocycles. The highest BCUT2D eigenvalue weighted by Gasteiger charge is 2.33. The first kappa shape index (κ1) is 23.1. The van der Waals surface area contributed by atoms with Crippen LogP contribution >= 0.6 is 23.2 Å². The Morgan fingerprint density at radius 3 is 2.59 bits per heavy atom. The first-order valence-electron chi connectivity index (χ1n) is 11.6. The van der Waals surface area contributed by atoms with E-state index in [1.165, 1.54) is 10.9 Å². The fraction of sp³-hybridized carbons (Fsp3) is 0.286. The predicted molar refractivity (Wildman–Crippen MR) is 140 cm³/mol. The molecule has 4 nitrogen and oxygen atoms in total. The summed E-state index contributed by atoms with van der Waals surface area (Å²) in [4.78, 5) is 3.68. The fourth-order valence-electron chi connectivity index (χ4n) is 4.80. The average Bonchev–Trinajstić information content (AvgIpc) is 3.22. The summed E-state index contributed by atoms with van der Waals surface area (Å²) in [5, 5.41) is 6.28. The van der Waals surface area contributed by atoms with Gasteiger partial charge in [-0.05, 0) is 52.9 Å². The highest BCUT2D eigenvalue weighted by Crippen LogP contribution is 2.44. The van der Waals surface area contributed by atoms with Gasteiger partial charge in [-0.1, -0.05) is 67.4 Å². The Morgan fingerprint density at radius 1 is 1.00 bits per heavy atom. The Kier molecular flexibility index (Phi) is 6.48. The molecule has 0 spiro atoms. The van der Waals surface area contributed by atoms with Gasteiger partial charge in [0.1, 0.15) is 0 Å². The molecule has 34 heavy (non-hydrogen) atoms. The van der Waals surface area contributed by atoms with Crippen molar-refractivity contribution >= 4 is 34.1 Å². The first-order valence-corrected chi connectivity index (χ1v) is 12.3. The van der Waals surface area contributed by atoms with Crippen LogP contribution in [0.5, 0.6) is 11.5 Å². The van der Waals surface area contributed by atoms with Crippen LogP contribution in [0.1, 0.15) is 48.2 Å². The van der Waals surface area contributed by atoms with Crippen LogP contribution in [0.4, 0.5) is 0 Å². The predicted octanol–water partition coefficient (Wildman–Crippen LogP) is 7.34. The molecular formula is C28H28Cl2N2O2. The van der Waals surface area contributed by atoms with Gasteiger partial charge in [0.25, 0.3) is 0 Å². The van der Waals surface area contributed by atoms with Crippen molar-refractivity contribution in [1.29, 1.82) is 0 Å². The van der Waals surface area contributed by atoms with Crippen LogP contribution in [0, 0.1) is 5.92 Å². The van der Waals surface area contributed by atoms with Gasteiger partial charge in [-0.25, -0.2) is 0 Å². The summed E-state index contributed by atoms with van der Waals surface area (Å²) < 4.78 is 11.6. The second-order valence-corrected chi connectivity index (χ2v) is 10.0. The summed E-state index contributed by atoms with van der Waals surface area (Å²) in [6.07, 6.45) is 0. The van der Waals surface area contributed by atoms with E-state index in [9.17, 15) is 0 Å². The number of ether oxygens (including phenoxy) is 2. The Morgan fingerprint density at radius 2 is 1.82 bits per heavy atom. The second-order valence-electron chi connectivity index (χ2n) is 9.17. The van der Waals surface area contributed by atoms with Crippen LogP contribution < -0.4 is 14.8 Å². The molecule has 1 aliphatic rings. The fourth-order valence-corrected chi connectivity index (χ4v) is 5.34. The van der Waals surface area contributed by atoms with E-state index in [0.29, 0.717) is 22.6 Å². The third-order valence-corrected chi connectivity index (χ3v) is 6.93. The van der Waals surface area contributed by atoms with Crippen molar-refractivity contribution in [3.63, 3.8) is 0 Å². The molecule has 2 unspecified atom stereocenters. The van der Waals surface area contributed by atoms with E-state index >= 15 is 0 Å². The van der Waals surface area contributed by atoms with Crippen molar-refractivity contribution < 1.29 is 9.47 Å². The summed E-state index contributed by atoms with van der Waals surface area (Å²) in [5.74, 6) is 2.04. The lowest BCUT2D eigenvalue weighted by molar-refractivity contribution is 0.256. The smallest absolute Gasteiger partial charge is 0.161 e. The molecule has 6 heteroatoms. The average molecular weight is 495 g/mol. The SMILES string of the molecule is COc1cc(C2NCC(c3ccc(Cl)cc3Cl)c3c2[nH]c2ccccc32)ccc1OCC(C)C. The van der Waals surface area contributed by atoms with E-state index in [-0.39, 0.29) is 12.0 Å². The maximum Gasteiger partial charge on any atom is 0.161 e. The third-order valence-electron chi connectivity index (χ3n) is 6.37. The normalized spacial score (nSPS) is 17.7. The zero-order valence-electron chi connectivity index (χ0n) is 19.5. The first-order chi connectivity index (χ1) is 16.5. The molecule has 0 aliphatic carbocycles. The number of nitrogens with one attached hydrogen (secondary N) is 2. The van der Waals surface area contributed by atoms with Crippen molar-refractivity contribution in [3.05, 3.63) is 93.1 Å². The number of H-pyrrole nitrogens is 1. The summed E-state index contributed by atoms with van der Waals surface area (Å²) >= 11 is 12.8. The van der Waals surface area contributed by atoms with Gasteiger partial charge in [0, 0.05) is 39.1 Å². The summed E-state index contributed by atoms with van der Waals surface area (Å²) in [6.45, 7) is 5.66. The van der Waals surface area contributed by atoms with E-state index in [0.717, 1.165) is 40.4 Å². The van der Waals surface area contributed by atoms with Crippen LogP contribution in [0.15, 0.2) is 60.7 Å². The molecule has 2 N–H and O–H groups in total. The van der Waals surface area contributed by atoms with Gasteiger partial charge in [-0.3, -0.25) is 0 Å². The Balaban J connectivity index is 1.59. The lowest BCUT2D eigenvalue weighted by atomic mass is 9.83. The van der Waals surface area contributed by atoms with Crippen molar-refractivity contribution in [2.24, 2.45) is 5.92 Å². The highest BCUT2D eigenvalue weighted by atomic mass is 35.5. The molecule has 0 fully saturated rings. The molecule has 0 amide bonds. The molecule has 5 rings (SSSR count). The van der Waals surface area contributed by atoms with E-state index in [1.54, 1.807) is 7.11 Å². The number of methoxy groups -OCH3 is 1. The standard InChI is InChI=1S/C28H28Cl2N2O2/c1-16(2)15-34-24-11-8-17(12-25(24)33-3)27-28-26(20-6-4-5-7-23(20)32-28)21(14-31-27)19-10-9-18(29)13-22(19)30/h4-13,16,21,27,31-32H,14-15H2,1-3H3. The molecule has 2 heterocycles. The van der Waals surface area contributed by atoms with Crippen molar-refractivity contribution in [2.75, 3.05) is 20.3 Å². The molecule has 2 atom stereocenters. The van der Waals surface area contributed by atoms with Crippen molar-refractivity contribution in [3.8, 4) is 11.5 Å². The molecule has 0 saturated carbocycles. The minimum Gasteiger partial charge on any atom is -0.493 e. The van der Waals surface area contributed by atoms with Crippen LogP contribution in [0.3, 0.4) is 0 Å². The molecule has 176 valence electrons. The maximum atomic E-state index is 6.66. The molecule has 0 radical (unpaired) electrons. The number of benzene rings is 3. The minimum atomic E-state index is -0.0159. The van der Waals surface area contributed by atoms with E-state index in [4.69, 9.17) is 32.7 Å². The molecule has 0 bridgehead atoms. The zero-order chi connectivity index (χ0) is 23.8. The zero-order valence-corrected chi connectivity index (χ0v) is 21.0. The van der Waals surface area contributed by atoms with E-state index in [1.807, 2.05) is 24.3 Å². The lowest BCUT2D eigenvalue weighted by Crippen LogP contribution is -2.34. The topological polar surface area (TPSA) is 46.3 Å². The van der Waals surface area contributed by atoms with Gasteiger partial charge in [-0.15, -0.1) is 0 Å². The van der Waals surface area contributed by atoms with Gasteiger partial charge < -0.3 is 19.8 Å². The molecule has 1 aromatic heterocycles. The Labute approximate surface area is 210 Å². The van der Waals surface area contributed by atoms with Gasteiger partial charge in [0.2, 0.25) is 0 Å². The van der Waals surface area contributed by atoms with Crippen molar-refractivity contribution in [2.45, 2.75) is 25.8 Å². The Hall–Kier alpha value is -2.66. The minimum absolute atomic E-state index is 0.0159. The van der Waals surface area contributed by atoms with Crippen LogP contribution in [-0.4, -0.2) is 25.2 Å². The molecule has 4 aromatic rings. The largest absolute Gasteiger partial charge is 0.493 e. The number of fused-ring (bicyclic) bond motifs is 3. The number of rotatable bonds is 6. The lowest BCUT2D eigenvalue weighted by Gasteiger charge is -2.32. The molecule has 0 saturated heterocycles. The highest BCUT2D eigenvalue weighted by molar-refractivity contribution is 6.35. The van der Waals surface area contributed by atoms with Gasteiger partial charge >= 0.3 is 0 Å². The van der Waals surface area contributed by atoms with Gasteiger partial charge in [0.15, 0.2) is 11.5 Å². The van der Waals surface area contributed by atoms with Crippen LogP contribution in [0.25, 0.3) is 10.9 Å². The van der Waals surface area contributed by atoms with E-state index in [2.05, 4.69) is 60.5 Å². The summed E-state index contributed by atoms with van der Waals surface area (Å²) in [7, 11) is 1.68. The molecular weight excluding hydrogens is 467 g/mol. The van der Waals surface area contributed by atoms with Gasteiger partial charge in [0.05, 0.1) is 19.8 Å². The summed E-state index contributed by atoms with van der Waals surface area (Å²) in [6, 6.07) is 20.4. The van der Waals surface area contributed by atoms with Crippen LogP contribution in [-0.2, 0) is 0 Å². The van der Waals surface area contributed by atoms with E-state index < -0.39 is 0 Å². The third kappa shape index (κ3) is 4.26. The number of aromatic amines is 1. The number of aromatic nitrogens is 1. The number of hydrogen-bond donors (Lipinski definition) is 2. The Bertz CT molecular complexity index is 1330. The van der Waals surface area contributed by atoms with Crippen LogP contribution in [0.2, 0.25) is 10.0 Å². The number of hydrogen-bond acceptors (Lipinski definition) is 3. The molecule has 1 aliphatic heterocycles. The summed E-state index contributed by atoms with van der Waals surface area (Å²) in [5.41, 5.74) is 5.70. The maximum absolute atomic E-state index is 6.66.